The molecule has 2 heterocycles. The van der Waals surface area contributed by atoms with Gasteiger partial charge in [-0.1, -0.05) is 24.3 Å². The number of carbonyl (C=O) groups excluding carboxylic acids is 1. The van der Waals surface area contributed by atoms with Crippen molar-refractivity contribution in [1.29, 1.82) is 0 Å². The summed E-state index contributed by atoms with van der Waals surface area (Å²) in [7, 11) is 1.50. The lowest BCUT2D eigenvalue weighted by Gasteiger charge is -2.19. The van der Waals surface area contributed by atoms with Crippen LogP contribution in [0.3, 0.4) is 0 Å². The number of nitrogens with zero attached hydrogens (tertiary/aromatic N) is 3. The fourth-order valence-corrected chi connectivity index (χ4v) is 2.99. The second-order valence-corrected chi connectivity index (χ2v) is 8.10. The van der Waals surface area contributed by atoms with E-state index in [1.165, 1.54) is 24.1 Å². The van der Waals surface area contributed by atoms with E-state index in [2.05, 4.69) is 15.4 Å². The van der Waals surface area contributed by atoms with E-state index >= 15 is 0 Å². The van der Waals surface area contributed by atoms with E-state index in [1.54, 1.807) is 32.9 Å². The summed E-state index contributed by atoms with van der Waals surface area (Å²) >= 11 is 0. The van der Waals surface area contributed by atoms with Gasteiger partial charge < -0.3 is 14.8 Å². The van der Waals surface area contributed by atoms with Crippen molar-refractivity contribution in [3.05, 3.63) is 59.9 Å². The van der Waals surface area contributed by atoms with Gasteiger partial charge in [-0.05, 0) is 44.9 Å². The minimum atomic E-state index is -2.69. The zero-order valence-corrected chi connectivity index (χ0v) is 18.4. The number of methoxy groups -OCH3 is 1. The van der Waals surface area contributed by atoms with E-state index in [1.807, 2.05) is 24.3 Å². The second-order valence-electron chi connectivity index (χ2n) is 8.10. The van der Waals surface area contributed by atoms with Gasteiger partial charge in [0.2, 0.25) is 5.88 Å². The van der Waals surface area contributed by atoms with Crippen molar-refractivity contribution in [2.75, 3.05) is 13.7 Å². The Balaban J connectivity index is 1.75. The molecule has 0 unspecified atom stereocenters. The monoisotopic (exact) mass is 444 g/mol. The molecular weight excluding hydrogens is 418 g/mol. The number of aromatic nitrogens is 3. The highest BCUT2D eigenvalue weighted by Crippen LogP contribution is 2.28. The molecule has 0 aliphatic carbocycles. The maximum absolute atomic E-state index is 13.3. The lowest BCUT2D eigenvalue weighted by atomic mass is 10.1. The highest BCUT2D eigenvalue weighted by molar-refractivity contribution is 5.67. The molecule has 0 saturated heterocycles. The zero-order chi connectivity index (χ0) is 23.3. The van der Waals surface area contributed by atoms with Gasteiger partial charge in [-0.15, -0.1) is 0 Å². The first-order valence-corrected chi connectivity index (χ1v) is 10.1. The fraction of sp³-hybridized carbons (Fsp3) is 0.348. The van der Waals surface area contributed by atoms with Gasteiger partial charge in [-0.25, -0.2) is 23.2 Å². The number of carbonyl (C=O) groups is 1. The molecule has 170 valence electrons. The van der Waals surface area contributed by atoms with E-state index in [4.69, 9.17) is 9.47 Å². The third-order valence-corrected chi connectivity index (χ3v) is 4.46. The van der Waals surface area contributed by atoms with E-state index in [-0.39, 0.29) is 5.69 Å². The van der Waals surface area contributed by atoms with Crippen LogP contribution in [0, 0.1) is 0 Å². The Bertz CT molecular complexity index is 1040. The lowest BCUT2D eigenvalue weighted by molar-refractivity contribution is 0.0528. The maximum Gasteiger partial charge on any atom is 0.407 e. The van der Waals surface area contributed by atoms with Crippen molar-refractivity contribution in [3.8, 4) is 22.8 Å². The molecule has 0 aliphatic heterocycles. The van der Waals surface area contributed by atoms with E-state index in [0.29, 0.717) is 30.2 Å². The van der Waals surface area contributed by atoms with Crippen molar-refractivity contribution in [2.24, 2.45) is 0 Å². The predicted molar refractivity (Wildman–Crippen MR) is 116 cm³/mol. The van der Waals surface area contributed by atoms with Gasteiger partial charge in [-0.2, -0.15) is 5.10 Å². The summed E-state index contributed by atoms with van der Waals surface area (Å²) in [6, 6.07) is 12.2. The SMILES string of the molecule is COc1ccc(-n2nc(C(F)F)cc2-c2ccc(CCNC(=O)OC(C)(C)C)cc2)cn1. The molecule has 3 rings (SSSR count). The van der Waals surface area contributed by atoms with E-state index in [0.717, 1.165) is 11.1 Å². The summed E-state index contributed by atoms with van der Waals surface area (Å²) in [5.74, 6) is 0.417. The minimum absolute atomic E-state index is 0.318. The van der Waals surface area contributed by atoms with Gasteiger partial charge in [0.25, 0.3) is 6.43 Å². The average molecular weight is 444 g/mol. The number of pyridine rings is 1. The summed E-state index contributed by atoms with van der Waals surface area (Å²) in [4.78, 5) is 15.9. The second kappa shape index (κ2) is 9.76. The number of hydrogen-bond acceptors (Lipinski definition) is 5. The fourth-order valence-electron chi connectivity index (χ4n) is 2.99. The molecule has 0 atom stereocenters. The molecule has 3 aromatic rings. The number of benzene rings is 1. The highest BCUT2D eigenvalue weighted by atomic mass is 19.3. The molecule has 0 fully saturated rings. The maximum atomic E-state index is 13.3. The smallest absolute Gasteiger partial charge is 0.407 e. The van der Waals surface area contributed by atoms with Crippen LogP contribution >= 0.6 is 0 Å². The van der Waals surface area contributed by atoms with Gasteiger partial charge in [0, 0.05) is 18.2 Å². The number of alkyl halides is 2. The minimum Gasteiger partial charge on any atom is -0.481 e. The molecule has 2 aromatic heterocycles. The van der Waals surface area contributed by atoms with Crippen molar-refractivity contribution >= 4 is 6.09 Å². The standard InChI is InChI=1S/C23H26F2N4O3/c1-23(2,3)32-22(30)26-12-11-15-5-7-16(8-6-15)19-13-18(21(24)25)28-29(19)17-9-10-20(31-4)27-14-17/h5-10,13-14,21H,11-12H2,1-4H3,(H,26,30). The molecule has 0 aliphatic rings. The Morgan fingerprint density at radius 1 is 1.16 bits per heavy atom. The van der Waals surface area contributed by atoms with E-state index in [9.17, 15) is 13.6 Å². The number of amides is 1. The first-order valence-electron chi connectivity index (χ1n) is 10.1. The van der Waals surface area contributed by atoms with Gasteiger partial charge in [0.05, 0.1) is 24.7 Å². The van der Waals surface area contributed by atoms with Crippen LogP contribution in [0.25, 0.3) is 16.9 Å². The molecule has 9 heteroatoms. The number of ether oxygens (including phenoxy) is 2. The summed E-state index contributed by atoms with van der Waals surface area (Å²) in [5, 5.41) is 6.77. The average Bonchev–Trinajstić information content (AvgIpc) is 3.19. The predicted octanol–water partition coefficient (Wildman–Crippen LogP) is 4.95. The topological polar surface area (TPSA) is 78.3 Å². The van der Waals surface area contributed by atoms with Gasteiger partial charge >= 0.3 is 6.09 Å². The lowest BCUT2D eigenvalue weighted by Crippen LogP contribution is -2.33. The first kappa shape index (κ1) is 23.2. The Hall–Kier alpha value is -3.49. The van der Waals surface area contributed by atoms with Crippen LogP contribution in [0.5, 0.6) is 5.88 Å². The van der Waals surface area contributed by atoms with Crippen LogP contribution in [0.15, 0.2) is 48.7 Å². The van der Waals surface area contributed by atoms with Gasteiger partial charge in [-0.3, -0.25) is 0 Å². The Kier molecular flexibility index (Phi) is 7.07. The van der Waals surface area contributed by atoms with Gasteiger partial charge in [0.1, 0.15) is 11.3 Å². The van der Waals surface area contributed by atoms with Gasteiger partial charge in [0.15, 0.2) is 0 Å². The van der Waals surface area contributed by atoms with Crippen molar-refractivity contribution < 1.29 is 23.0 Å². The highest BCUT2D eigenvalue weighted by Gasteiger charge is 2.18. The molecule has 0 spiro atoms. The molecule has 7 nitrogen and oxygen atoms in total. The van der Waals surface area contributed by atoms with Crippen LogP contribution < -0.4 is 10.1 Å². The quantitative estimate of drug-likeness (QED) is 0.558. The summed E-state index contributed by atoms with van der Waals surface area (Å²) in [6.07, 6.45) is -1.05. The number of halogens is 2. The van der Waals surface area contributed by atoms with E-state index < -0.39 is 18.1 Å². The molecule has 1 amide bonds. The van der Waals surface area contributed by atoms with Crippen LogP contribution in [0.1, 0.15) is 38.5 Å². The molecule has 1 N–H and O–H groups in total. The molecule has 0 saturated carbocycles. The molecule has 32 heavy (non-hydrogen) atoms. The molecular formula is C23H26F2N4O3. The largest absolute Gasteiger partial charge is 0.481 e. The third kappa shape index (κ3) is 6.03. The summed E-state index contributed by atoms with van der Waals surface area (Å²) in [6.45, 7) is 5.83. The first-order chi connectivity index (χ1) is 15.2. The number of rotatable bonds is 7. The number of alkyl carbamates (subject to hydrolysis) is 1. The summed E-state index contributed by atoms with van der Waals surface area (Å²) in [5.41, 5.74) is 1.90. The van der Waals surface area contributed by atoms with Crippen LogP contribution in [0.2, 0.25) is 0 Å². The van der Waals surface area contributed by atoms with Crippen LogP contribution in [-0.4, -0.2) is 40.1 Å². The summed E-state index contributed by atoms with van der Waals surface area (Å²) < 4.78 is 38.4. The Labute approximate surface area is 185 Å². The zero-order valence-electron chi connectivity index (χ0n) is 18.4. The Morgan fingerprint density at radius 2 is 1.88 bits per heavy atom. The van der Waals surface area contributed by atoms with Crippen molar-refractivity contribution in [3.63, 3.8) is 0 Å². The molecule has 0 bridgehead atoms. The normalized spacial score (nSPS) is 11.5. The van der Waals surface area contributed by atoms with Crippen LogP contribution in [-0.2, 0) is 11.2 Å². The van der Waals surface area contributed by atoms with Crippen molar-refractivity contribution in [1.82, 2.24) is 20.1 Å². The Morgan fingerprint density at radius 3 is 2.44 bits per heavy atom. The number of hydrogen-bond donors (Lipinski definition) is 1. The van der Waals surface area contributed by atoms with Crippen LogP contribution in [0.4, 0.5) is 13.6 Å². The van der Waals surface area contributed by atoms with Crippen molar-refractivity contribution in [2.45, 2.75) is 39.2 Å². The third-order valence-electron chi connectivity index (χ3n) is 4.46. The molecule has 0 radical (unpaired) electrons. The molecule has 1 aromatic carbocycles. The number of nitrogens with one attached hydrogen (secondary N) is 1.